The number of hydrogen-bond donors (Lipinski definition) is 0. The monoisotopic (exact) mass is 309 g/mol. The average Bonchev–Trinajstić information content (AvgIpc) is 2.92. The summed E-state index contributed by atoms with van der Waals surface area (Å²) in [4.78, 5) is 13.9. The molecule has 0 radical (unpaired) electrons. The fourth-order valence-corrected chi connectivity index (χ4v) is 3.31. The summed E-state index contributed by atoms with van der Waals surface area (Å²) in [6.45, 7) is 2.18. The minimum Gasteiger partial charge on any atom is -0.431 e. The number of nitrogens with zero attached hydrogens (tertiary/aromatic N) is 3. The molecule has 0 fully saturated rings. The molecule has 0 saturated heterocycles. The van der Waals surface area contributed by atoms with Gasteiger partial charge in [0.15, 0.2) is 5.58 Å². The van der Waals surface area contributed by atoms with E-state index >= 15 is 0 Å². The van der Waals surface area contributed by atoms with Gasteiger partial charge in [-0.1, -0.05) is 37.2 Å². The van der Waals surface area contributed by atoms with Crippen molar-refractivity contribution in [3.05, 3.63) is 36.4 Å². The van der Waals surface area contributed by atoms with Gasteiger partial charge in [0, 0.05) is 11.8 Å². The maximum atomic E-state index is 5.82. The summed E-state index contributed by atoms with van der Waals surface area (Å²) < 4.78 is 5.82. The number of hydrogen-bond acceptors (Lipinski definition) is 5. The Hall–Kier alpha value is -2.14. The highest BCUT2D eigenvalue weighted by Crippen LogP contribution is 2.27. The Labute approximate surface area is 132 Å². The lowest BCUT2D eigenvalue weighted by molar-refractivity contribution is 0.489. The highest BCUT2D eigenvalue weighted by Gasteiger charge is 2.10. The van der Waals surface area contributed by atoms with Crippen LogP contribution in [0.1, 0.15) is 19.8 Å². The maximum Gasteiger partial charge on any atom is 0.256 e. The fourth-order valence-electron chi connectivity index (χ4n) is 2.39. The minimum atomic E-state index is 0.725. The van der Waals surface area contributed by atoms with Crippen LogP contribution in [-0.2, 0) is 0 Å². The van der Waals surface area contributed by atoms with Gasteiger partial charge in [-0.25, -0.2) is 15.0 Å². The van der Waals surface area contributed by atoms with Gasteiger partial charge in [-0.2, -0.15) is 0 Å². The Kier molecular flexibility index (Phi) is 3.42. The average molecular weight is 309 g/mol. The number of para-hydroxylation sites is 2. The van der Waals surface area contributed by atoms with Crippen LogP contribution >= 0.6 is 11.8 Å². The Morgan fingerprint density at radius 3 is 2.36 bits per heavy atom. The van der Waals surface area contributed by atoms with Crippen molar-refractivity contribution < 1.29 is 4.42 Å². The standard InChI is InChI=1S/C17H15N3OS/c1-2-3-8-22-17-20-15-9-13-14(10-16(15)21-17)19-12-7-5-4-6-11(12)18-13/h4-7,9-10H,2-3,8H2,1H3. The molecule has 2 heterocycles. The van der Waals surface area contributed by atoms with Crippen molar-refractivity contribution >= 4 is 44.9 Å². The van der Waals surface area contributed by atoms with Crippen molar-refractivity contribution in [2.45, 2.75) is 25.0 Å². The molecule has 0 saturated carbocycles. The zero-order valence-corrected chi connectivity index (χ0v) is 13.1. The Morgan fingerprint density at radius 2 is 1.64 bits per heavy atom. The van der Waals surface area contributed by atoms with Gasteiger partial charge in [0.25, 0.3) is 5.22 Å². The first-order valence-corrected chi connectivity index (χ1v) is 8.42. The number of fused-ring (bicyclic) bond motifs is 3. The van der Waals surface area contributed by atoms with Crippen LogP contribution in [0.3, 0.4) is 0 Å². The number of rotatable bonds is 4. The molecule has 0 aliphatic rings. The molecule has 2 aromatic heterocycles. The maximum absolute atomic E-state index is 5.82. The number of oxazole rings is 1. The fraction of sp³-hybridized carbons (Fsp3) is 0.235. The highest BCUT2D eigenvalue weighted by atomic mass is 32.2. The van der Waals surface area contributed by atoms with E-state index in [1.165, 1.54) is 12.8 Å². The zero-order chi connectivity index (χ0) is 14.9. The molecule has 4 aromatic rings. The van der Waals surface area contributed by atoms with Crippen molar-refractivity contribution in [2.75, 3.05) is 5.75 Å². The highest BCUT2D eigenvalue weighted by molar-refractivity contribution is 7.99. The molecule has 0 N–H and O–H groups in total. The zero-order valence-electron chi connectivity index (χ0n) is 12.2. The molecule has 4 nitrogen and oxygen atoms in total. The molecule has 22 heavy (non-hydrogen) atoms. The summed E-state index contributed by atoms with van der Waals surface area (Å²) in [6, 6.07) is 11.8. The number of aromatic nitrogens is 3. The van der Waals surface area contributed by atoms with Crippen LogP contribution in [0.25, 0.3) is 33.2 Å². The van der Waals surface area contributed by atoms with Crippen LogP contribution in [0.4, 0.5) is 0 Å². The van der Waals surface area contributed by atoms with Gasteiger partial charge >= 0.3 is 0 Å². The van der Waals surface area contributed by atoms with Crippen molar-refractivity contribution in [3.8, 4) is 0 Å². The molecular weight excluding hydrogens is 294 g/mol. The molecule has 0 aliphatic carbocycles. The molecule has 0 aliphatic heterocycles. The van der Waals surface area contributed by atoms with Crippen molar-refractivity contribution in [1.82, 2.24) is 15.0 Å². The molecule has 0 atom stereocenters. The first-order chi connectivity index (χ1) is 10.8. The largest absolute Gasteiger partial charge is 0.431 e. The van der Waals surface area contributed by atoms with Crippen molar-refractivity contribution in [1.29, 1.82) is 0 Å². The molecule has 0 amide bonds. The first kappa shape index (κ1) is 13.5. The van der Waals surface area contributed by atoms with E-state index < -0.39 is 0 Å². The van der Waals surface area contributed by atoms with E-state index in [1.807, 2.05) is 36.4 Å². The van der Waals surface area contributed by atoms with Crippen LogP contribution in [-0.4, -0.2) is 20.7 Å². The second kappa shape index (κ2) is 5.57. The number of thioether (sulfide) groups is 1. The van der Waals surface area contributed by atoms with E-state index in [-0.39, 0.29) is 0 Å². The van der Waals surface area contributed by atoms with Gasteiger partial charge in [0.05, 0.1) is 22.1 Å². The van der Waals surface area contributed by atoms with Crippen LogP contribution in [0.2, 0.25) is 0 Å². The summed E-state index contributed by atoms with van der Waals surface area (Å²) in [5.74, 6) is 1.03. The third-order valence-corrected chi connectivity index (χ3v) is 4.47. The van der Waals surface area contributed by atoms with Crippen LogP contribution in [0.5, 0.6) is 0 Å². The smallest absolute Gasteiger partial charge is 0.256 e. The number of unbranched alkanes of at least 4 members (excludes halogenated alkanes) is 1. The lowest BCUT2D eigenvalue weighted by Gasteiger charge is -1.99. The first-order valence-electron chi connectivity index (χ1n) is 7.43. The van der Waals surface area contributed by atoms with Crippen LogP contribution < -0.4 is 0 Å². The Morgan fingerprint density at radius 1 is 0.909 bits per heavy atom. The van der Waals surface area contributed by atoms with Gasteiger partial charge < -0.3 is 4.42 Å². The van der Waals surface area contributed by atoms with E-state index in [0.29, 0.717) is 0 Å². The normalized spacial score (nSPS) is 11.7. The van der Waals surface area contributed by atoms with Gasteiger partial charge in [-0.15, -0.1) is 0 Å². The number of benzene rings is 2. The molecular formula is C17H15N3OS. The molecule has 0 unspecified atom stereocenters. The van der Waals surface area contributed by atoms with Crippen LogP contribution in [0.15, 0.2) is 46.0 Å². The molecule has 0 bridgehead atoms. The van der Waals surface area contributed by atoms with Gasteiger partial charge in [-0.05, 0) is 24.6 Å². The van der Waals surface area contributed by atoms with E-state index in [0.717, 1.165) is 44.1 Å². The molecule has 110 valence electrons. The third kappa shape index (κ3) is 2.41. The molecule has 5 heteroatoms. The Bertz CT molecular complexity index is 892. The van der Waals surface area contributed by atoms with Crippen LogP contribution in [0, 0.1) is 0 Å². The van der Waals surface area contributed by atoms with Crippen molar-refractivity contribution in [2.24, 2.45) is 0 Å². The quantitative estimate of drug-likeness (QED) is 0.307. The summed E-state index contributed by atoms with van der Waals surface area (Å²) in [5.41, 5.74) is 5.10. The van der Waals surface area contributed by atoms with Crippen molar-refractivity contribution in [3.63, 3.8) is 0 Å². The van der Waals surface area contributed by atoms with Gasteiger partial charge in [-0.3, -0.25) is 0 Å². The second-order valence-electron chi connectivity index (χ2n) is 5.20. The van der Waals surface area contributed by atoms with E-state index in [1.54, 1.807) is 11.8 Å². The molecule has 2 aromatic carbocycles. The van der Waals surface area contributed by atoms with Gasteiger partial charge in [0.1, 0.15) is 5.52 Å². The summed E-state index contributed by atoms with van der Waals surface area (Å²) in [7, 11) is 0. The van der Waals surface area contributed by atoms with E-state index in [9.17, 15) is 0 Å². The predicted octanol–water partition coefficient (Wildman–Crippen LogP) is 4.82. The minimum absolute atomic E-state index is 0.725. The SMILES string of the molecule is CCCCSc1nc2cc3nc4ccccc4nc3cc2o1. The third-order valence-electron chi connectivity index (χ3n) is 3.55. The van der Waals surface area contributed by atoms with E-state index in [2.05, 4.69) is 21.9 Å². The van der Waals surface area contributed by atoms with E-state index in [4.69, 9.17) is 4.42 Å². The Balaban J connectivity index is 1.82. The summed E-state index contributed by atoms with van der Waals surface area (Å²) in [5, 5.41) is 0.725. The molecule has 0 spiro atoms. The lowest BCUT2D eigenvalue weighted by Crippen LogP contribution is -1.86. The lowest BCUT2D eigenvalue weighted by atomic mass is 10.2. The predicted molar refractivity (Wildman–Crippen MR) is 90.2 cm³/mol. The summed E-state index contributed by atoms with van der Waals surface area (Å²) in [6.07, 6.45) is 2.34. The molecule has 4 rings (SSSR count). The van der Waals surface area contributed by atoms with Gasteiger partial charge in [0.2, 0.25) is 0 Å². The summed E-state index contributed by atoms with van der Waals surface area (Å²) >= 11 is 1.66. The second-order valence-corrected chi connectivity index (χ2v) is 6.25. The topological polar surface area (TPSA) is 51.8 Å².